The van der Waals surface area contributed by atoms with Crippen molar-refractivity contribution in [1.82, 2.24) is 0 Å². The van der Waals surface area contributed by atoms with Crippen molar-refractivity contribution in [3.05, 3.63) is 29.3 Å². The van der Waals surface area contributed by atoms with Crippen LogP contribution in [0, 0.1) is 0 Å². The van der Waals surface area contributed by atoms with E-state index in [2.05, 4.69) is 5.32 Å². The molecule has 108 valence electrons. The van der Waals surface area contributed by atoms with E-state index in [-0.39, 0.29) is 5.91 Å². The Hall–Kier alpha value is -1.69. The molecule has 1 amide bonds. The summed E-state index contributed by atoms with van der Waals surface area (Å²) in [5.41, 5.74) is 1.95. The van der Waals surface area contributed by atoms with Gasteiger partial charge in [-0.15, -0.1) is 0 Å². The molecule has 0 saturated carbocycles. The third kappa shape index (κ3) is 3.07. The Labute approximate surface area is 118 Å². The number of fused-ring (bicyclic) bond motifs is 1. The van der Waals surface area contributed by atoms with E-state index >= 15 is 0 Å². The first-order valence-electron chi connectivity index (χ1n) is 6.45. The third-order valence-electron chi connectivity index (χ3n) is 3.53. The standard InChI is InChI=1S/C14H17NO4S/c1-9(20(2,18)19)14(17)11-6-7-12-10(8-11)4-3-5-13(16)15-12/h6-9H,3-5H2,1-2H3,(H,15,16). The third-order valence-corrected chi connectivity index (χ3v) is 5.02. The number of amides is 1. The van der Waals surface area contributed by atoms with Crippen LogP contribution in [0.2, 0.25) is 0 Å². The van der Waals surface area contributed by atoms with Crippen molar-refractivity contribution in [3.63, 3.8) is 0 Å². The average Bonchev–Trinajstić information content (AvgIpc) is 2.55. The summed E-state index contributed by atoms with van der Waals surface area (Å²) in [7, 11) is -3.41. The van der Waals surface area contributed by atoms with E-state index in [9.17, 15) is 18.0 Å². The lowest BCUT2D eigenvalue weighted by atomic mass is 10.0. The fraction of sp³-hybridized carbons (Fsp3) is 0.429. The first-order chi connectivity index (χ1) is 9.29. The second kappa shape index (κ2) is 5.36. The van der Waals surface area contributed by atoms with Crippen LogP contribution < -0.4 is 5.32 Å². The van der Waals surface area contributed by atoms with E-state index in [1.165, 1.54) is 6.92 Å². The summed E-state index contributed by atoms with van der Waals surface area (Å²) in [6.45, 7) is 1.39. The molecule has 1 aromatic rings. The molecule has 0 aliphatic carbocycles. The average molecular weight is 295 g/mol. The number of carbonyl (C=O) groups is 2. The highest BCUT2D eigenvalue weighted by Gasteiger charge is 2.25. The molecule has 0 bridgehead atoms. The van der Waals surface area contributed by atoms with Crippen molar-refractivity contribution >= 4 is 27.2 Å². The summed E-state index contributed by atoms with van der Waals surface area (Å²) in [6, 6.07) is 4.92. The lowest BCUT2D eigenvalue weighted by Gasteiger charge is -2.11. The van der Waals surface area contributed by atoms with Crippen LogP contribution in [0.1, 0.15) is 35.7 Å². The molecule has 0 saturated heterocycles. The predicted octanol–water partition coefficient (Wildman–Crippen LogP) is 1.58. The number of rotatable bonds is 3. The Morgan fingerprint density at radius 2 is 2.00 bits per heavy atom. The molecular formula is C14H17NO4S. The molecule has 1 aliphatic heterocycles. The van der Waals surface area contributed by atoms with Gasteiger partial charge in [-0.05, 0) is 43.5 Å². The van der Waals surface area contributed by atoms with Gasteiger partial charge in [0.1, 0.15) is 5.25 Å². The van der Waals surface area contributed by atoms with E-state index < -0.39 is 20.9 Å². The van der Waals surface area contributed by atoms with Crippen LogP contribution >= 0.6 is 0 Å². The van der Waals surface area contributed by atoms with Crippen LogP contribution in [0.25, 0.3) is 0 Å². The van der Waals surface area contributed by atoms with E-state index in [0.717, 1.165) is 18.2 Å². The monoisotopic (exact) mass is 295 g/mol. The molecule has 2 rings (SSSR count). The minimum atomic E-state index is -3.41. The minimum Gasteiger partial charge on any atom is -0.326 e. The highest BCUT2D eigenvalue weighted by molar-refractivity contribution is 7.92. The van der Waals surface area contributed by atoms with Crippen LogP contribution in [0.15, 0.2) is 18.2 Å². The number of sulfone groups is 1. The Bertz CT molecular complexity index is 664. The van der Waals surface area contributed by atoms with Gasteiger partial charge in [0.2, 0.25) is 5.91 Å². The quantitative estimate of drug-likeness (QED) is 0.858. The Morgan fingerprint density at radius 3 is 2.65 bits per heavy atom. The number of anilines is 1. The Morgan fingerprint density at radius 1 is 1.30 bits per heavy atom. The number of hydrogen-bond acceptors (Lipinski definition) is 4. The normalized spacial score (nSPS) is 16.8. The van der Waals surface area contributed by atoms with E-state index in [4.69, 9.17) is 0 Å². The lowest BCUT2D eigenvalue weighted by molar-refractivity contribution is -0.116. The van der Waals surface area contributed by atoms with Crippen molar-refractivity contribution < 1.29 is 18.0 Å². The number of hydrogen-bond donors (Lipinski definition) is 1. The van der Waals surface area contributed by atoms with Crippen molar-refractivity contribution in [2.75, 3.05) is 11.6 Å². The van der Waals surface area contributed by atoms with Crippen LogP contribution in [-0.4, -0.2) is 31.6 Å². The summed E-state index contributed by atoms with van der Waals surface area (Å²) in [6.07, 6.45) is 2.93. The van der Waals surface area contributed by atoms with Gasteiger partial charge in [-0.3, -0.25) is 9.59 Å². The molecule has 6 heteroatoms. The fourth-order valence-electron chi connectivity index (χ4n) is 2.16. The molecule has 0 radical (unpaired) electrons. The van der Waals surface area contributed by atoms with Crippen molar-refractivity contribution in [2.24, 2.45) is 0 Å². The van der Waals surface area contributed by atoms with Gasteiger partial charge in [-0.2, -0.15) is 0 Å². The zero-order chi connectivity index (χ0) is 14.9. The molecule has 1 unspecified atom stereocenters. The maximum absolute atomic E-state index is 12.2. The molecule has 0 aromatic heterocycles. The predicted molar refractivity (Wildman–Crippen MR) is 76.6 cm³/mol. The molecule has 1 N–H and O–H groups in total. The van der Waals surface area contributed by atoms with Crippen LogP contribution in [-0.2, 0) is 21.1 Å². The van der Waals surface area contributed by atoms with Crippen LogP contribution in [0.5, 0.6) is 0 Å². The summed E-state index contributed by atoms with van der Waals surface area (Å²) in [5, 5.41) is 1.72. The van der Waals surface area contributed by atoms with E-state index in [1.807, 2.05) is 0 Å². The van der Waals surface area contributed by atoms with Gasteiger partial charge < -0.3 is 5.32 Å². The van der Waals surface area contributed by atoms with Gasteiger partial charge in [-0.25, -0.2) is 8.42 Å². The fourth-order valence-corrected chi connectivity index (χ4v) is 2.68. The zero-order valence-corrected chi connectivity index (χ0v) is 12.3. The number of nitrogens with one attached hydrogen (secondary N) is 1. The number of carbonyl (C=O) groups excluding carboxylic acids is 2. The number of aryl methyl sites for hydroxylation is 1. The van der Waals surface area contributed by atoms with Crippen LogP contribution in [0.4, 0.5) is 5.69 Å². The van der Waals surface area contributed by atoms with Gasteiger partial charge in [0, 0.05) is 23.9 Å². The van der Waals surface area contributed by atoms with Crippen molar-refractivity contribution in [1.29, 1.82) is 0 Å². The lowest BCUT2D eigenvalue weighted by Crippen LogP contribution is -2.26. The minimum absolute atomic E-state index is 0.0349. The second-order valence-electron chi connectivity index (χ2n) is 5.11. The molecule has 1 aliphatic rings. The number of benzene rings is 1. The summed E-state index contributed by atoms with van der Waals surface area (Å²) >= 11 is 0. The van der Waals surface area contributed by atoms with Gasteiger partial charge >= 0.3 is 0 Å². The van der Waals surface area contributed by atoms with Crippen molar-refractivity contribution in [2.45, 2.75) is 31.4 Å². The van der Waals surface area contributed by atoms with Crippen LogP contribution in [0.3, 0.4) is 0 Å². The maximum atomic E-state index is 12.2. The van der Waals surface area contributed by atoms with Gasteiger partial charge in [0.15, 0.2) is 15.6 Å². The Balaban J connectivity index is 2.34. The van der Waals surface area contributed by atoms with E-state index in [1.54, 1.807) is 18.2 Å². The second-order valence-corrected chi connectivity index (χ2v) is 7.48. The number of Topliss-reactive ketones (excluding diaryl/α,β-unsaturated/α-hetero) is 1. The summed E-state index contributed by atoms with van der Waals surface area (Å²) in [4.78, 5) is 23.6. The van der Waals surface area contributed by atoms with Gasteiger partial charge in [-0.1, -0.05) is 0 Å². The first-order valence-corrected chi connectivity index (χ1v) is 8.40. The largest absolute Gasteiger partial charge is 0.326 e. The molecule has 20 heavy (non-hydrogen) atoms. The molecule has 5 nitrogen and oxygen atoms in total. The molecular weight excluding hydrogens is 278 g/mol. The van der Waals surface area contributed by atoms with Gasteiger partial charge in [0.05, 0.1) is 0 Å². The topological polar surface area (TPSA) is 80.3 Å². The first kappa shape index (κ1) is 14.7. The summed E-state index contributed by atoms with van der Waals surface area (Å²) in [5.74, 6) is -0.446. The van der Waals surface area contributed by atoms with Gasteiger partial charge in [0.25, 0.3) is 0 Å². The highest BCUT2D eigenvalue weighted by atomic mass is 32.2. The molecule has 1 aromatic carbocycles. The summed E-state index contributed by atoms with van der Waals surface area (Å²) < 4.78 is 22.9. The van der Waals surface area contributed by atoms with Crippen molar-refractivity contribution in [3.8, 4) is 0 Å². The highest BCUT2D eigenvalue weighted by Crippen LogP contribution is 2.24. The molecule has 0 fully saturated rings. The zero-order valence-electron chi connectivity index (χ0n) is 11.5. The van der Waals surface area contributed by atoms with E-state index in [0.29, 0.717) is 24.1 Å². The number of ketones is 1. The molecule has 0 spiro atoms. The SMILES string of the molecule is CC(C(=O)c1ccc2c(c1)CCCC(=O)N2)S(C)(=O)=O. The maximum Gasteiger partial charge on any atom is 0.224 e. The molecule has 1 heterocycles. The Kier molecular flexibility index (Phi) is 3.94. The molecule has 1 atom stereocenters. The smallest absolute Gasteiger partial charge is 0.224 e.